The molecular weight excluding hydrogens is 232 g/mol. The lowest BCUT2D eigenvalue weighted by Gasteiger charge is -2.03. The van der Waals surface area contributed by atoms with E-state index in [1.807, 2.05) is 11.8 Å². The molecule has 0 aromatic heterocycles. The summed E-state index contributed by atoms with van der Waals surface area (Å²) in [5, 5.41) is 0.892. The maximum absolute atomic E-state index is 3.57. The Labute approximate surface area is 85.9 Å². The first-order valence-corrected chi connectivity index (χ1v) is 5.86. The molecule has 12 heavy (non-hydrogen) atoms. The van der Waals surface area contributed by atoms with Crippen LogP contribution in [0.15, 0.2) is 27.6 Å². The fourth-order valence-corrected chi connectivity index (χ4v) is 2.76. The van der Waals surface area contributed by atoms with Crippen LogP contribution in [0.1, 0.15) is 18.4 Å². The first kappa shape index (κ1) is 8.64. The first-order valence-electron chi connectivity index (χ1n) is 4.18. The van der Waals surface area contributed by atoms with Crippen LogP contribution in [0.5, 0.6) is 0 Å². The minimum atomic E-state index is 0.892. The molecule has 1 aromatic rings. The number of halogens is 1. The van der Waals surface area contributed by atoms with Crippen molar-refractivity contribution >= 4 is 27.7 Å². The lowest BCUT2D eigenvalue weighted by molar-refractivity contribution is 1.32. The Morgan fingerprint density at radius 1 is 1.42 bits per heavy atom. The summed E-state index contributed by atoms with van der Waals surface area (Å²) in [4.78, 5) is 1.40. The molecule has 0 spiro atoms. The number of rotatable bonds is 2. The Hall–Kier alpha value is 0.0500. The highest BCUT2D eigenvalue weighted by molar-refractivity contribution is 9.10. The van der Waals surface area contributed by atoms with E-state index in [1.165, 1.54) is 27.8 Å². The van der Waals surface area contributed by atoms with E-state index >= 15 is 0 Å². The van der Waals surface area contributed by atoms with Crippen LogP contribution < -0.4 is 0 Å². The van der Waals surface area contributed by atoms with Crippen molar-refractivity contribution in [3.8, 4) is 0 Å². The molecule has 0 aliphatic heterocycles. The molecule has 1 aromatic carbocycles. The van der Waals surface area contributed by atoms with Gasteiger partial charge >= 0.3 is 0 Å². The minimum Gasteiger partial charge on any atom is -0.122 e. The molecular formula is C10H11BrS. The van der Waals surface area contributed by atoms with Gasteiger partial charge in [0, 0.05) is 14.6 Å². The Balaban J connectivity index is 2.21. The molecule has 1 fully saturated rings. The topological polar surface area (TPSA) is 0 Å². The van der Waals surface area contributed by atoms with Crippen LogP contribution >= 0.6 is 27.7 Å². The van der Waals surface area contributed by atoms with E-state index in [4.69, 9.17) is 0 Å². The van der Waals surface area contributed by atoms with Gasteiger partial charge in [0.2, 0.25) is 0 Å². The van der Waals surface area contributed by atoms with E-state index in [1.54, 1.807) is 0 Å². The van der Waals surface area contributed by atoms with Crippen molar-refractivity contribution in [2.24, 2.45) is 0 Å². The van der Waals surface area contributed by atoms with E-state index in [0.717, 1.165) is 5.25 Å². The number of aryl methyl sites for hydroxylation is 1. The molecule has 2 rings (SSSR count). The van der Waals surface area contributed by atoms with Crippen molar-refractivity contribution in [3.05, 3.63) is 28.2 Å². The second-order valence-corrected chi connectivity index (χ2v) is 5.45. The van der Waals surface area contributed by atoms with E-state index in [9.17, 15) is 0 Å². The predicted octanol–water partition coefficient (Wildman–Crippen LogP) is 4.01. The second-order valence-electron chi connectivity index (χ2n) is 3.25. The van der Waals surface area contributed by atoms with Gasteiger partial charge in [-0.3, -0.25) is 0 Å². The van der Waals surface area contributed by atoms with Gasteiger partial charge in [-0.05, 0) is 53.4 Å². The molecule has 1 saturated carbocycles. The van der Waals surface area contributed by atoms with Crippen LogP contribution in [-0.2, 0) is 0 Å². The molecule has 0 amide bonds. The maximum Gasteiger partial charge on any atom is 0.0311 e. The Bertz CT molecular complexity index is 292. The van der Waals surface area contributed by atoms with Gasteiger partial charge in [0.05, 0.1) is 0 Å². The summed E-state index contributed by atoms with van der Waals surface area (Å²) in [5.74, 6) is 0. The molecule has 0 radical (unpaired) electrons. The van der Waals surface area contributed by atoms with Gasteiger partial charge in [-0.15, -0.1) is 11.8 Å². The zero-order valence-corrected chi connectivity index (χ0v) is 9.41. The van der Waals surface area contributed by atoms with Crippen molar-refractivity contribution in [1.82, 2.24) is 0 Å². The van der Waals surface area contributed by atoms with Crippen molar-refractivity contribution in [3.63, 3.8) is 0 Å². The van der Waals surface area contributed by atoms with Crippen LogP contribution in [-0.4, -0.2) is 5.25 Å². The fourth-order valence-electron chi connectivity index (χ4n) is 1.07. The summed E-state index contributed by atoms with van der Waals surface area (Å²) in [6, 6.07) is 6.54. The van der Waals surface area contributed by atoms with Crippen LogP contribution in [0.2, 0.25) is 0 Å². The average Bonchev–Trinajstić information content (AvgIpc) is 2.81. The highest BCUT2D eigenvalue weighted by atomic mass is 79.9. The van der Waals surface area contributed by atoms with Crippen molar-refractivity contribution in [1.29, 1.82) is 0 Å². The molecule has 1 aliphatic carbocycles. The van der Waals surface area contributed by atoms with Crippen molar-refractivity contribution in [2.45, 2.75) is 29.9 Å². The monoisotopic (exact) mass is 242 g/mol. The number of hydrogen-bond donors (Lipinski definition) is 0. The van der Waals surface area contributed by atoms with Gasteiger partial charge < -0.3 is 0 Å². The summed E-state index contributed by atoms with van der Waals surface area (Å²) in [6.45, 7) is 2.14. The highest BCUT2D eigenvalue weighted by Gasteiger charge is 2.23. The summed E-state index contributed by atoms with van der Waals surface area (Å²) < 4.78 is 1.24. The van der Waals surface area contributed by atoms with E-state index in [0.29, 0.717) is 0 Å². The van der Waals surface area contributed by atoms with E-state index in [-0.39, 0.29) is 0 Å². The summed E-state index contributed by atoms with van der Waals surface area (Å²) in [5.41, 5.74) is 1.35. The third kappa shape index (κ3) is 2.05. The lowest BCUT2D eigenvalue weighted by atomic mass is 10.2. The quantitative estimate of drug-likeness (QED) is 0.756. The zero-order chi connectivity index (χ0) is 8.55. The summed E-state index contributed by atoms with van der Waals surface area (Å²) in [7, 11) is 0. The smallest absolute Gasteiger partial charge is 0.0311 e. The van der Waals surface area contributed by atoms with Gasteiger partial charge in [-0.2, -0.15) is 0 Å². The average molecular weight is 243 g/mol. The molecule has 1 aliphatic rings. The summed E-state index contributed by atoms with van der Waals surface area (Å²) in [6.07, 6.45) is 2.79. The molecule has 64 valence electrons. The van der Waals surface area contributed by atoms with Gasteiger partial charge in [0.15, 0.2) is 0 Å². The minimum absolute atomic E-state index is 0.892. The number of benzene rings is 1. The first-order chi connectivity index (χ1) is 5.75. The van der Waals surface area contributed by atoms with Crippen molar-refractivity contribution < 1.29 is 0 Å². The Kier molecular flexibility index (Phi) is 2.47. The molecule has 2 heteroatoms. The van der Waals surface area contributed by atoms with Gasteiger partial charge in [-0.25, -0.2) is 0 Å². The molecule has 0 bridgehead atoms. The van der Waals surface area contributed by atoms with Gasteiger partial charge in [0.1, 0.15) is 0 Å². The Morgan fingerprint density at radius 2 is 2.17 bits per heavy atom. The molecule has 0 atom stereocenters. The summed E-state index contributed by atoms with van der Waals surface area (Å²) >= 11 is 5.57. The lowest BCUT2D eigenvalue weighted by Crippen LogP contribution is -1.79. The van der Waals surface area contributed by atoms with Crippen LogP contribution in [0, 0.1) is 6.92 Å². The molecule has 0 saturated heterocycles. The van der Waals surface area contributed by atoms with Gasteiger partial charge in [-0.1, -0.05) is 6.07 Å². The fraction of sp³-hybridized carbons (Fsp3) is 0.400. The van der Waals surface area contributed by atoms with Crippen LogP contribution in [0.4, 0.5) is 0 Å². The Morgan fingerprint density at radius 3 is 2.83 bits per heavy atom. The maximum atomic E-state index is 3.57. The number of hydrogen-bond acceptors (Lipinski definition) is 1. The molecule has 0 N–H and O–H groups in total. The van der Waals surface area contributed by atoms with Crippen LogP contribution in [0.3, 0.4) is 0 Å². The zero-order valence-electron chi connectivity index (χ0n) is 7.01. The largest absolute Gasteiger partial charge is 0.122 e. The van der Waals surface area contributed by atoms with Gasteiger partial charge in [0.25, 0.3) is 0 Å². The third-order valence-corrected chi connectivity index (χ3v) is 4.26. The highest BCUT2D eigenvalue weighted by Crippen LogP contribution is 2.41. The molecule has 0 unspecified atom stereocenters. The second kappa shape index (κ2) is 3.43. The van der Waals surface area contributed by atoms with Crippen LogP contribution in [0.25, 0.3) is 0 Å². The third-order valence-electron chi connectivity index (χ3n) is 1.90. The standard InChI is InChI=1S/C10H11BrS/c1-7-2-5-9(11)10(6-7)12-8-3-4-8/h2,5-6,8H,3-4H2,1H3. The van der Waals surface area contributed by atoms with Crippen molar-refractivity contribution in [2.75, 3.05) is 0 Å². The predicted molar refractivity (Wildman–Crippen MR) is 57.8 cm³/mol. The van der Waals surface area contributed by atoms with E-state index < -0.39 is 0 Å². The SMILES string of the molecule is Cc1ccc(Br)c(SC2CC2)c1. The number of thioether (sulfide) groups is 1. The molecule has 0 heterocycles. The normalized spacial score (nSPS) is 16.5. The van der Waals surface area contributed by atoms with E-state index in [2.05, 4.69) is 41.1 Å². The molecule has 0 nitrogen and oxygen atoms in total.